The fourth-order valence-corrected chi connectivity index (χ4v) is 2.80. The number of likely N-dealkylation sites (tertiary alicyclic amines) is 1. The molecule has 2 atom stereocenters. The van der Waals surface area contributed by atoms with Gasteiger partial charge in [-0.1, -0.05) is 6.07 Å². The van der Waals surface area contributed by atoms with Crippen molar-refractivity contribution in [2.45, 2.75) is 24.7 Å². The molecule has 118 valence electrons. The average Bonchev–Trinajstić information content (AvgIpc) is 2.76. The molecule has 0 aliphatic carbocycles. The minimum Gasteiger partial charge on any atom is -0.383 e. The van der Waals surface area contributed by atoms with Gasteiger partial charge in [-0.25, -0.2) is 4.39 Å². The summed E-state index contributed by atoms with van der Waals surface area (Å²) in [5.41, 5.74) is 5.06. The SMILES string of the molecule is COCCN1CCC(N)C1c1ccc(F)cc1C(F)(F)F. The zero-order chi connectivity index (χ0) is 15.6. The molecule has 0 saturated carbocycles. The molecule has 0 spiro atoms. The Balaban J connectivity index is 2.39. The number of methoxy groups -OCH3 is 1. The smallest absolute Gasteiger partial charge is 0.383 e. The summed E-state index contributed by atoms with van der Waals surface area (Å²) in [5, 5.41) is 0. The first-order valence-electron chi connectivity index (χ1n) is 6.70. The van der Waals surface area contributed by atoms with Crippen LogP contribution < -0.4 is 5.73 Å². The number of rotatable bonds is 4. The molecule has 21 heavy (non-hydrogen) atoms. The second-order valence-corrected chi connectivity index (χ2v) is 5.16. The van der Waals surface area contributed by atoms with Crippen molar-refractivity contribution >= 4 is 0 Å². The van der Waals surface area contributed by atoms with E-state index < -0.39 is 29.6 Å². The molecule has 0 amide bonds. The molecule has 1 saturated heterocycles. The standard InChI is InChI=1S/C14H18F4N2O/c1-21-7-6-20-5-4-12(19)13(20)10-3-2-9(15)8-11(10)14(16,17)18/h2-3,8,12-13H,4-7,19H2,1H3. The maximum Gasteiger partial charge on any atom is 0.416 e. The fraction of sp³-hybridized carbons (Fsp3) is 0.571. The third kappa shape index (κ3) is 3.53. The third-order valence-electron chi connectivity index (χ3n) is 3.77. The van der Waals surface area contributed by atoms with E-state index in [1.54, 1.807) is 0 Å². The normalized spacial score (nSPS) is 23.7. The van der Waals surface area contributed by atoms with Crippen LogP contribution in [0, 0.1) is 5.82 Å². The molecule has 1 aliphatic heterocycles. The zero-order valence-corrected chi connectivity index (χ0v) is 11.7. The molecule has 1 aromatic carbocycles. The van der Waals surface area contributed by atoms with Gasteiger partial charge in [0.25, 0.3) is 0 Å². The van der Waals surface area contributed by atoms with Crippen molar-refractivity contribution < 1.29 is 22.3 Å². The summed E-state index contributed by atoms with van der Waals surface area (Å²) in [4.78, 5) is 1.86. The van der Waals surface area contributed by atoms with E-state index in [1.165, 1.54) is 13.2 Å². The Labute approximate surface area is 120 Å². The lowest BCUT2D eigenvalue weighted by atomic mass is 9.95. The van der Waals surface area contributed by atoms with Crippen LogP contribution in [0.15, 0.2) is 18.2 Å². The lowest BCUT2D eigenvalue weighted by Crippen LogP contribution is -2.35. The predicted octanol–water partition coefficient (Wildman–Crippen LogP) is 2.57. The molecule has 2 N–H and O–H groups in total. The number of nitrogens with zero attached hydrogens (tertiary/aromatic N) is 1. The summed E-state index contributed by atoms with van der Waals surface area (Å²) in [5.74, 6) is -0.902. The Morgan fingerprint density at radius 2 is 2.10 bits per heavy atom. The van der Waals surface area contributed by atoms with E-state index >= 15 is 0 Å². The van der Waals surface area contributed by atoms with E-state index in [2.05, 4.69) is 0 Å². The van der Waals surface area contributed by atoms with Gasteiger partial charge < -0.3 is 10.5 Å². The van der Waals surface area contributed by atoms with E-state index in [4.69, 9.17) is 10.5 Å². The molecular weight excluding hydrogens is 288 g/mol. The molecule has 3 nitrogen and oxygen atoms in total. The Morgan fingerprint density at radius 3 is 2.71 bits per heavy atom. The van der Waals surface area contributed by atoms with Gasteiger partial charge in [0.05, 0.1) is 18.2 Å². The average molecular weight is 306 g/mol. The first-order chi connectivity index (χ1) is 9.84. The maximum atomic E-state index is 13.2. The molecule has 0 radical (unpaired) electrons. The lowest BCUT2D eigenvalue weighted by molar-refractivity contribution is -0.139. The van der Waals surface area contributed by atoms with E-state index in [1.807, 2.05) is 4.90 Å². The molecule has 1 fully saturated rings. The second kappa shape index (κ2) is 6.29. The van der Waals surface area contributed by atoms with Crippen molar-refractivity contribution in [2.24, 2.45) is 5.73 Å². The van der Waals surface area contributed by atoms with Crippen LogP contribution in [-0.2, 0) is 10.9 Å². The van der Waals surface area contributed by atoms with E-state index in [0.717, 1.165) is 6.07 Å². The minimum atomic E-state index is -4.60. The van der Waals surface area contributed by atoms with Gasteiger partial charge in [-0.05, 0) is 24.1 Å². The largest absolute Gasteiger partial charge is 0.416 e. The number of hydrogen-bond donors (Lipinski definition) is 1. The summed E-state index contributed by atoms with van der Waals surface area (Å²) < 4.78 is 57.6. The fourth-order valence-electron chi connectivity index (χ4n) is 2.80. The van der Waals surface area contributed by atoms with Gasteiger partial charge >= 0.3 is 6.18 Å². The first kappa shape index (κ1) is 16.2. The number of nitrogens with two attached hydrogens (primary N) is 1. The van der Waals surface area contributed by atoms with Gasteiger partial charge in [-0.2, -0.15) is 13.2 Å². The Hall–Kier alpha value is -1.18. The third-order valence-corrected chi connectivity index (χ3v) is 3.77. The summed E-state index contributed by atoms with van der Waals surface area (Å²) >= 11 is 0. The van der Waals surface area contributed by atoms with Crippen LogP contribution in [0.1, 0.15) is 23.6 Å². The highest BCUT2D eigenvalue weighted by atomic mass is 19.4. The quantitative estimate of drug-likeness (QED) is 0.869. The van der Waals surface area contributed by atoms with Crippen molar-refractivity contribution in [1.82, 2.24) is 4.90 Å². The highest BCUT2D eigenvalue weighted by molar-refractivity contribution is 5.35. The highest BCUT2D eigenvalue weighted by Gasteiger charge is 2.40. The predicted molar refractivity (Wildman–Crippen MR) is 70.2 cm³/mol. The van der Waals surface area contributed by atoms with Crippen LogP contribution in [0.4, 0.5) is 17.6 Å². The molecule has 0 aromatic heterocycles. The number of ether oxygens (including phenoxy) is 1. The summed E-state index contributed by atoms with van der Waals surface area (Å²) in [7, 11) is 1.53. The Morgan fingerprint density at radius 1 is 1.38 bits per heavy atom. The second-order valence-electron chi connectivity index (χ2n) is 5.16. The van der Waals surface area contributed by atoms with Crippen molar-refractivity contribution in [3.05, 3.63) is 35.1 Å². The topological polar surface area (TPSA) is 38.5 Å². The Bertz CT molecular complexity index is 492. The van der Waals surface area contributed by atoms with Gasteiger partial charge in [-0.3, -0.25) is 4.90 Å². The molecule has 1 aromatic rings. The van der Waals surface area contributed by atoms with Gasteiger partial charge in [0.1, 0.15) is 5.82 Å². The molecule has 2 rings (SSSR count). The van der Waals surface area contributed by atoms with Crippen LogP contribution in [-0.4, -0.2) is 37.7 Å². The van der Waals surface area contributed by atoms with Crippen LogP contribution in [0.3, 0.4) is 0 Å². The van der Waals surface area contributed by atoms with Crippen molar-refractivity contribution in [1.29, 1.82) is 0 Å². The van der Waals surface area contributed by atoms with Crippen LogP contribution in [0.25, 0.3) is 0 Å². The molecular formula is C14H18F4N2O. The Kier molecular flexibility index (Phi) is 4.85. The van der Waals surface area contributed by atoms with Gasteiger partial charge in [0, 0.05) is 26.2 Å². The maximum absolute atomic E-state index is 13.2. The molecule has 1 heterocycles. The van der Waals surface area contributed by atoms with Crippen molar-refractivity contribution in [3.8, 4) is 0 Å². The van der Waals surface area contributed by atoms with Crippen molar-refractivity contribution in [3.63, 3.8) is 0 Å². The molecule has 7 heteroatoms. The summed E-state index contributed by atoms with van der Waals surface area (Å²) in [6.45, 7) is 1.50. The van der Waals surface area contributed by atoms with E-state index in [0.29, 0.717) is 32.2 Å². The molecule has 1 aliphatic rings. The van der Waals surface area contributed by atoms with Crippen LogP contribution in [0.2, 0.25) is 0 Å². The first-order valence-corrected chi connectivity index (χ1v) is 6.70. The summed E-state index contributed by atoms with van der Waals surface area (Å²) in [6, 6.07) is 1.79. The monoisotopic (exact) mass is 306 g/mol. The number of hydrogen-bond acceptors (Lipinski definition) is 3. The zero-order valence-electron chi connectivity index (χ0n) is 11.7. The van der Waals surface area contributed by atoms with E-state index in [9.17, 15) is 17.6 Å². The lowest BCUT2D eigenvalue weighted by Gasteiger charge is -2.29. The molecule has 2 unspecified atom stereocenters. The van der Waals surface area contributed by atoms with Gasteiger partial charge in [-0.15, -0.1) is 0 Å². The number of halogens is 4. The van der Waals surface area contributed by atoms with Gasteiger partial charge in [0.15, 0.2) is 0 Å². The summed E-state index contributed by atoms with van der Waals surface area (Å²) in [6.07, 6.45) is -4.00. The van der Waals surface area contributed by atoms with E-state index in [-0.39, 0.29) is 5.56 Å². The van der Waals surface area contributed by atoms with Gasteiger partial charge in [0.2, 0.25) is 0 Å². The van der Waals surface area contributed by atoms with Crippen LogP contribution in [0.5, 0.6) is 0 Å². The van der Waals surface area contributed by atoms with Crippen LogP contribution >= 0.6 is 0 Å². The van der Waals surface area contributed by atoms with Crippen molar-refractivity contribution in [2.75, 3.05) is 26.8 Å². The minimum absolute atomic E-state index is 0.0324. The number of benzene rings is 1. The number of alkyl halides is 3. The highest BCUT2D eigenvalue weighted by Crippen LogP contribution is 2.40. The molecule has 0 bridgehead atoms.